The topological polar surface area (TPSA) is 49.3 Å². The zero-order valence-corrected chi connectivity index (χ0v) is 17.8. The maximum Gasteiger partial charge on any atom is 0.191 e. The highest BCUT2D eigenvalue weighted by Crippen LogP contribution is 2.18. The number of aromatic nitrogens is 1. The van der Waals surface area contributed by atoms with Crippen LogP contribution < -0.4 is 10.6 Å². The molecule has 0 aliphatic heterocycles. The SMILES string of the molecule is CN=C(NCc1sc(C)nc1C)NCc1cccc2ccccc12.I. The van der Waals surface area contributed by atoms with E-state index in [-0.39, 0.29) is 24.0 Å². The molecule has 0 unspecified atom stereocenters. The number of thiazole rings is 1. The van der Waals surface area contributed by atoms with Crippen LogP contribution in [-0.4, -0.2) is 18.0 Å². The molecule has 3 aromatic rings. The molecule has 6 heteroatoms. The predicted octanol–water partition coefficient (Wildman–Crippen LogP) is 4.40. The number of fused-ring (bicyclic) bond motifs is 1. The zero-order valence-electron chi connectivity index (χ0n) is 14.7. The van der Waals surface area contributed by atoms with Crippen LogP contribution in [0.1, 0.15) is 21.1 Å². The molecule has 0 atom stereocenters. The van der Waals surface area contributed by atoms with Gasteiger partial charge in [0.1, 0.15) is 0 Å². The Hall–Kier alpha value is -1.67. The van der Waals surface area contributed by atoms with Gasteiger partial charge in [0, 0.05) is 18.5 Å². The lowest BCUT2D eigenvalue weighted by molar-refractivity contribution is 0.814. The van der Waals surface area contributed by atoms with E-state index in [1.54, 1.807) is 18.4 Å². The van der Waals surface area contributed by atoms with Gasteiger partial charge in [-0.25, -0.2) is 4.98 Å². The number of rotatable bonds is 4. The van der Waals surface area contributed by atoms with Crippen LogP contribution in [-0.2, 0) is 13.1 Å². The second kappa shape index (κ2) is 9.15. The Morgan fingerprint density at radius 1 is 1.04 bits per heavy atom. The van der Waals surface area contributed by atoms with E-state index in [2.05, 4.69) is 63.1 Å². The molecule has 4 nitrogen and oxygen atoms in total. The van der Waals surface area contributed by atoms with E-state index in [0.717, 1.165) is 29.8 Å². The van der Waals surface area contributed by atoms with Crippen LogP contribution in [0.25, 0.3) is 10.8 Å². The number of nitrogens with zero attached hydrogens (tertiary/aromatic N) is 2. The minimum absolute atomic E-state index is 0. The Bertz CT molecular complexity index is 867. The van der Waals surface area contributed by atoms with Crippen molar-refractivity contribution in [3.05, 3.63) is 63.6 Å². The number of aliphatic imine (C=N–C) groups is 1. The number of aryl methyl sites for hydroxylation is 2. The van der Waals surface area contributed by atoms with E-state index in [4.69, 9.17) is 0 Å². The summed E-state index contributed by atoms with van der Waals surface area (Å²) in [6.07, 6.45) is 0. The standard InChI is InChI=1S/C19H22N4S.HI/c1-13-18(24-14(2)23-13)12-22-19(20-3)21-11-16-9-6-8-15-7-4-5-10-17(15)16;/h4-10H,11-12H2,1-3H3,(H2,20,21,22);1H. The first kappa shape index (κ1) is 19.7. The maximum atomic E-state index is 4.46. The summed E-state index contributed by atoms with van der Waals surface area (Å²) >= 11 is 1.73. The smallest absolute Gasteiger partial charge is 0.191 e. The monoisotopic (exact) mass is 466 g/mol. The number of nitrogens with one attached hydrogen (secondary N) is 2. The van der Waals surface area contributed by atoms with Crippen molar-refractivity contribution in [3.63, 3.8) is 0 Å². The van der Waals surface area contributed by atoms with Crippen molar-refractivity contribution in [3.8, 4) is 0 Å². The lowest BCUT2D eigenvalue weighted by Crippen LogP contribution is -2.36. The molecule has 0 fully saturated rings. The van der Waals surface area contributed by atoms with Crippen LogP contribution in [0, 0.1) is 13.8 Å². The summed E-state index contributed by atoms with van der Waals surface area (Å²) in [7, 11) is 1.79. The molecule has 1 aromatic heterocycles. The average molecular weight is 466 g/mol. The third-order valence-corrected chi connectivity index (χ3v) is 5.04. The Morgan fingerprint density at radius 3 is 2.48 bits per heavy atom. The number of hydrogen-bond acceptors (Lipinski definition) is 3. The molecule has 2 N–H and O–H groups in total. The molecule has 0 aliphatic carbocycles. The van der Waals surface area contributed by atoms with Crippen LogP contribution >= 0.6 is 35.3 Å². The van der Waals surface area contributed by atoms with Crippen LogP contribution in [0.5, 0.6) is 0 Å². The van der Waals surface area contributed by atoms with Gasteiger partial charge < -0.3 is 10.6 Å². The molecule has 0 aliphatic rings. The minimum atomic E-state index is 0. The van der Waals surface area contributed by atoms with Crippen LogP contribution in [0.4, 0.5) is 0 Å². The fourth-order valence-corrected chi connectivity index (χ4v) is 3.62. The lowest BCUT2D eigenvalue weighted by Gasteiger charge is -2.13. The van der Waals surface area contributed by atoms with Gasteiger partial charge in [-0.15, -0.1) is 35.3 Å². The van der Waals surface area contributed by atoms with Crippen molar-refractivity contribution in [2.24, 2.45) is 4.99 Å². The van der Waals surface area contributed by atoms with Gasteiger partial charge in [-0.1, -0.05) is 42.5 Å². The van der Waals surface area contributed by atoms with Crippen molar-refractivity contribution in [1.29, 1.82) is 0 Å². The third-order valence-electron chi connectivity index (χ3n) is 3.97. The quantitative estimate of drug-likeness (QED) is 0.341. The van der Waals surface area contributed by atoms with E-state index in [0.29, 0.717) is 0 Å². The van der Waals surface area contributed by atoms with E-state index in [1.165, 1.54) is 21.2 Å². The van der Waals surface area contributed by atoms with Gasteiger partial charge in [-0.3, -0.25) is 4.99 Å². The predicted molar refractivity (Wildman–Crippen MR) is 118 cm³/mol. The molecule has 25 heavy (non-hydrogen) atoms. The Balaban J connectivity index is 0.00000225. The third kappa shape index (κ3) is 4.92. The van der Waals surface area contributed by atoms with Gasteiger partial charge in [-0.05, 0) is 30.2 Å². The molecule has 0 amide bonds. The van der Waals surface area contributed by atoms with E-state index in [9.17, 15) is 0 Å². The highest BCUT2D eigenvalue weighted by Gasteiger charge is 2.06. The molecule has 0 saturated carbocycles. The van der Waals surface area contributed by atoms with Gasteiger partial charge in [0.2, 0.25) is 0 Å². The first-order valence-electron chi connectivity index (χ1n) is 8.01. The van der Waals surface area contributed by atoms with E-state index in [1.807, 2.05) is 13.8 Å². The normalized spacial score (nSPS) is 11.2. The van der Waals surface area contributed by atoms with Gasteiger partial charge in [-0.2, -0.15) is 0 Å². The van der Waals surface area contributed by atoms with Gasteiger partial charge >= 0.3 is 0 Å². The molecular formula is C19H23IN4S. The first-order chi connectivity index (χ1) is 11.7. The second-order valence-electron chi connectivity index (χ2n) is 5.66. The molecule has 0 saturated heterocycles. The number of hydrogen-bond donors (Lipinski definition) is 2. The van der Waals surface area contributed by atoms with Crippen molar-refractivity contribution in [2.45, 2.75) is 26.9 Å². The molecule has 0 bridgehead atoms. The van der Waals surface area contributed by atoms with Gasteiger partial charge in [0.05, 0.1) is 17.2 Å². The van der Waals surface area contributed by atoms with Crippen molar-refractivity contribution < 1.29 is 0 Å². The fraction of sp³-hybridized carbons (Fsp3) is 0.263. The Morgan fingerprint density at radius 2 is 1.76 bits per heavy atom. The molecule has 132 valence electrons. The zero-order chi connectivity index (χ0) is 16.9. The van der Waals surface area contributed by atoms with Crippen LogP contribution in [0.3, 0.4) is 0 Å². The molecule has 0 radical (unpaired) electrons. The average Bonchev–Trinajstić information content (AvgIpc) is 2.92. The van der Waals surface area contributed by atoms with E-state index >= 15 is 0 Å². The Kier molecular flexibility index (Phi) is 7.19. The molecule has 0 spiro atoms. The maximum absolute atomic E-state index is 4.46. The minimum Gasteiger partial charge on any atom is -0.352 e. The highest BCUT2D eigenvalue weighted by molar-refractivity contribution is 14.0. The van der Waals surface area contributed by atoms with Crippen molar-refractivity contribution in [1.82, 2.24) is 15.6 Å². The molecule has 3 rings (SSSR count). The number of guanidine groups is 1. The molecular weight excluding hydrogens is 443 g/mol. The Labute approximate surface area is 169 Å². The molecule has 1 heterocycles. The fourth-order valence-electron chi connectivity index (χ4n) is 2.75. The lowest BCUT2D eigenvalue weighted by atomic mass is 10.0. The number of benzene rings is 2. The second-order valence-corrected chi connectivity index (χ2v) is 6.95. The highest BCUT2D eigenvalue weighted by atomic mass is 127. The summed E-state index contributed by atoms with van der Waals surface area (Å²) in [6.45, 7) is 5.57. The summed E-state index contributed by atoms with van der Waals surface area (Å²) in [5, 5.41) is 10.4. The van der Waals surface area contributed by atoms with Crippen molar-refractivity contribution >= 4 is 52.0 Å². The number of halogens is 1. The summed E-state index contributed by atoms with van der Waals surface area (Å²) in [5.41, 5.74) is 2.36. The van der Waals surface area contributed by atoms with Crippen LogP contribution in [0.2, 0.25) is 0 Å². The van der Waals surface area contributed by atoms with E-state index < -0.39 is 0 Å². The van der Waals surface area contributed by atoms with Gasteiger partial charge in [0.25, 0.3) is 0 Å². The van der Waals surface area contributed by atoms with Gasteiger partial charge in [0.15, 0.2) is 5.96 Å². The van der Waals surface area contributed by atoms with Crippen LogP contribution in [0.15, 0.2) is 47.5 Å². The molecule has 2 aromatic carbocycles. The first-order valence-corrected chi connectivity index (χ1v) is 8.83. The summed E-state index contributed by atoms with van der Waals surface area (Å²) in [5.74, 6) is 0.799. The summed E-state index contributed by atoms with van der Waals surface area (Å²) in [6, 6.07) is 14.8. The van der Waals surface area contributed by atoms with Crippen molar-refractivity contribution in [2.75, 3.05) is 7.05 Å². The summed E-state index contributed by atoms with van der Waals surface area (Å²) in [4.78, 5) is 10.0. The largest absolute Gasteiger partial charge is 0.352 e. The summed E-state index contributed by atoms with van der Waals surface area (Å²) < 4.78 is 0.